The predicted octanol–water partition coefficient (Wildman–Crippen LogP) is 1.93. The number of benzene rings is 2. The van der Waals surface area contributed by atoms with Gasteiger partial charge in [0.25, 0.3) is 5.91 Å². The summed E-state index contributed by atoms with van der Waals surface area (Å²) in [7, 11) is -3.65. The van der Waals surface area contributed by atoms with Crippen LogP contribution >= 0.6 is 0 Å². The number of hydrogen-bond acceptors (Lipinski definition) is 6. The van der Waals surface area contributed by atoms with Crippen molar-refractivity contribution in [2.24, 2.45) is 11.0 Å². The third-order valence-electron chi connectivity index (χ3n) is 5.14. The molecule has 1 amide bonds. The lowest BCUT2D eigenvalue weighted by Gasteiger charge is -2.26. The average molecular weight is 427 g/mol. The summed E-state index contributed by atoms with van der Waals surface area (Å²) in [5.41, 5.74) is 1.25. The summed E-state index contributed by atoms with van der Waals surface area (Å²) in [6, 6.07) is 14.6. The Morgan fingerprint density at radius 2 is 1.67 bits per heavy atom. The number of anilines is 1. The first-order chi connectivity index (χ1) is 14.4. The van der Waals surface area contributed by atoms with E-state index in [1.165, 1.54) is 33.6 Å². The number of hydrogen-bond donors (Lipinski definition) is 0. The third kappa shape index (κ3) is 3.67. The summed E-state index contributed by atoms with van der Waals surface area (Å²) < 4.78 is 32.0. The highest BCUT2D eigenvalue weighted by Crippen LogP contribution is 2.27. The van der Waals surface area contributed by atoms with Crippen LogP contribution in [0.5, 0.6) is 0 Å². The van der Waals surface area contributed by atoms with E-state index in [1.807, 2.05) is 6.07 Å². The molecule has 0 spiro atoms. The van der Waals surface area contributed by atoms with E-state index in [0.29, 0.717) is 37.7 Å². The Bertz CT molecular complexity index is 1090. The molecular weight excluding hydrogens is 406 g/mol. The van der Waals surface area contributed by atoms with Crippen LogP contribution in [0.4, 0.5) is 5.69 Å². The molecule has 0 bridgehead atoms. The fraction of sp³-hybridized carbons (Fsp3) is 0.286. The summed E-state index contributed by atoms with van der Waals surface area (Å²) in [5, 5.41) is 5.48. The molecule has 0 radical (unpaired) electrons. The first kappa shape index (κ1) is 20.4. The van der Waals surface area contributed by atoms with E-state index in [2.05, 4.69) is 5.10 Å². The molecule has 2 aromatic rings. The van der Waals surface area contributed by atoms with E-state index in [1.54, 1.807) is 31.2 Å². The second kappa shape index (κ2) is 8.10. The molecule has 30 heavy (non-hydrogen) atoms. The molecule has 1 saturated heterocycles. The Kier molecular flexibility index (Phi) is 5.50. The molecule has 2 heterocycles. The SMILES string of the molecule is CC1=NN(c2ccccc2)C(=O)C1C(=O)c1ccc(S(=O)(=O)N2CCOCC2)cc1. The summed E-state index contributed by atoms with van der Waals surface area (Å²) in [5.74, 6) is -1.85. The fourth-order valence-electron chi connectivity index (χ4n) is 3.52. The van der Waals surface area contributed by atoms with Gasteiger partial charge < -0.3 is 4.74 Å². The van der Waals surface area contributed by atoms with Crippen molar-refractivity contribution in [1.29, 1.82) is 0 Å². The summed E-state index contributed by atoms with van der Waals surface area (Å²) in [4.78, 5) is 25.9. The maximum absolute atomic E-state index is 13.0. The van der Waals surface area contributed by atoms with E-state index >= 15 is 0 Å². The summed E-state index contributed by atoms with van der Waals surface area (Å²) >= 11 is 0. The van der Waals surface area contributed by atoms with Gasteiger partial charge in [0.05, 0.1) is 29.5 Å². The van der Waals surface area contributed by atoms with Crippen LogP contribution < -0.4 is 5.01 Å². The Morgan fingerprint density at radius 1 is 1.03 bits per heavy atom. The number of sulfonamides is 1. The van der Waals surface area contributed by atoms with Crippen molar-refractivity contribution in [2.45, 2.75) is 11.8 Å². The van der Waals surface area contributed by atoms with Gasteiger partial charge in [-0.05, 0) is 31.2 Å². The molecule has 2 aliphatic heterocycles. The van der Waals surface area contributed by atoms with Gasteiger partial charge in [-0.15, -0.1) is 0 Å². The van der Waals surface area contributed by atoms with Gasteiger partial charge in [-0.2, -0.15) is 14.4 Å². The van der Waals surface area contributed by atoms with Crippen LogP contribution in [-0.4, -0.2) is 56.4 Å². The largest absolute Gasteiger partial charge is 0.379 e. The molecule has 0 saturated carbocycles. The maximum atomic E-state index is 13.0. The van der Waals surface area contributed by atoms with Crippen molar-refractivity contribution >= 4 is 33.1 Å². The topological polar surface area (TPSA) is 96.3 Å². The smallest absolute Gasteiger partial charge is 0.264 e. The minimum absolute atomic E-state index is 0.106. The number of para-hydroxylation sites is 1. The van der Waals surface area contributed by atoms with Gasteiger partial charge in [-0.1, -0.05) is 30.3 Å². The number of carbonyl (C=O) groups excluding carboxylic acids is 2. The number of hydrazone groups is 1. The molecule has 9 heteroatoms. The van der Waals surface area contributed by atoms with Crippen molar-refractivity contribution in [3.05, 3.63) is 60.2 Å². The first-order valence-electron chi connectivity index (χ1n) is 9.56. The van der Waals surface area contributed by atoms with Crippen LogP contribution in [0.3, 0.4) is 0 Å². The summed E-state index contributed by atoms with van der Waals surface area (Å²) in [6.45, 7) is 2.95. The molecule has 8 nitrogen and oxygen atoms in total. The van der Waals surface area contributed by atoms with Crippen LogP contribution in [0, 0.1) is 5.92 Å². The minimum Gasteiger partial charge on any atom is -0.379 e. The van der Waals surface area contributed by atoms with Crippen LogP contribution in [0.1, 0.15) is 17.3 Å². The van der Waals surface area contributed by atoms with Crippen molar-refractivity contribution in [2.75, 3.05) is 31.3 Å². The van der Waals surface area contributed by atoms with Crippen molar-refractivity contribution < 1.29 is 22.7 Å². The van der Waals surface area contributed by atoms with Crippen LogP contribution in [-0.2, 0) is 19.6 Å². The van der Waals surface area contributed by atoms with E-state index in [9.17, 15) is 18.0 Å². The van der Waals surface area contributed by atoms with E-state index in [0.717, 1.165) is 0 Å². The third-order valence-corrected chi connectivity index (χ3v) is 7.05. The van der Waals surface area contributed by atoms with Gasteiger partial charge in [0.1, 0.15) is 5.92 Å². The molecule has 1 unspecified atom stereocenters. The quantitative estimate of drug-likeness (QED) is 0.537. The van der Waals surface area contributed by atoms with Gasteiger partial charge in [-0.3, -0.25) is 9.59 Å². The zero-order chi connectivity index (χ0) is 21.3. The lowest BCUT2D eigenvalue weighted by molar-refractivity contribution is -0.118. The number of ether oxygens (including phenoxy) is 1. The van der Waals surface area contributed by atoms with Gasteiger partial charge in [0.2, 0.25) is 10.0 Å². The first-order valence-corrected chi connectivity index (χ1v) is 11.0. The number of Topliss-reactive ketones (excluding diaryl/α,β-unsaturated/α-hetero) is 1. The zero-order valence-electron chi connectivity index (χ0n) is 16.4. The van der Waals surface area contributed by atoms with Gasteiger partial charge in [0.15, 0.2) is 5.78 Å². The van der Waals surface area contributed by atoms with Crippen LogP contribution in [0.2, 0.25) is 0 Å². The predicted molar refractivity (Wildman–Crippen MR) is 111 cm³/mol. The molecule has 0 N–H and O–H groups in total. The lowest BCUT2D eigenvalue weighted by atomic mass is 9.94. The molecule has 2 aromatic carbocycles. The van der Waals surface area contributed by atoms with Crippen molar-refractivity contribution in [1.82, 2.24) is 4.31 Å². The van der Waals surface area contributed by atoms with E-state index in [-0.39, 0.29) is 10.5 Å². The standard InChI is InChI=1S/C21H21N3O5S/c1-15-19(21(26)24(22-15)17-5-3-2-4-6-17)20(25)16-7-9-18(10-8-16)30(27,28)23-11-13-29-14-12-23/h2-10,19H,11-14H2,1H3. The second-order valence-corrected chi connectivity index (χ2v) is 9.00. The normalized spacial score (nSPS) is 20.3. The summed E-state index contributed by atoms with van der Waals surface area (Å²) in [6.07, 6.45) is 0. The Labute approximate surface area is 174 Å². The van der Waals surface area contributed by atoms with Crippen LogP contribution in [0.25, 0.3) is 0 Å². The Hall–Kier alpha value is -2.88. The number of amides is 1. The lowest BCUT2D eigenvalue weighted by Crippen LogP contribution is -2.40. The molecule has 0 aromatic heterocycles. The molecule has 4 rings (SSSR count). The highest BCUT2D eigenvalue weighted by molar-refractivity contribution is 7.89. The highest BCUT2D eigenvalue weighted by atomic mass is 32.2. The van der Waals surface area contributed by atoms with E-state index in [4.69, 9.17) is 4.74 Å². The van der Waals surface area contributed by atoms with Crippen molar-refractivity contribution in [3.63, 3.8) is 0 Å². The van der Waals surface area contributed by atoms with E-state index < -0.39 is 27.6 Å². The molecule has 1 atom stereocenters. The number of nitrogens with zero attached hydrogens (tertiary/aromatic N) is 3. The highest BCUT2D eigenvalue weighted by Gasteiger charge is 2.40. The second-order valence-electron chi connectivity index (χ2n) is 7.07. The molecular formula is C21H21N3O5S. The minimum atomic E-state index is -3.65. The fourth-order valence-corrected chi connectivity index (χ4v) is 4.92. The number of ketones is 1. The molecule has 1 fully saturated rings. The molecule has 2 aliphatic rings. The Morgan fingerprint density at radius 3 is 2.30 bits per heavy atom. The number of carbonyl (C=O) groups is 2. The monoisotopic (exact) mass is 427 g/mol. The van der Waals surface area contributed by atoms with Crippen molar-refractivity contribution in [3.8, 4) is 0 Å². The maximum Gasteiger partial charge on any atom is 0.264 e. The zero-order valence-corrected chi connectivity index (χ0v) is 17.2. The number of rotatable bonds is 5. The molecule has 156 valence electrons. The number of morpholine rings is 1. The molecule has 0 aliphatic carbocycles. The van der Waals surface area contributed by atoms with Gasteiger partial charge >= 0.3 is 0 Å². The van der Waals surface area contributed by atoms with Gasteiger partial charge in [-0.25, -0.2) is 8.42 Å². The Balaban J connectivity index is 1.54. The average Bonchev–Trinajstić information content (AvgIpc) is 3.08. The van der Waals surface area contributed by atoms with Crippen LogP contribution in [0.15, 0.2) is 64.6 Å². The van der Waals surface area contributed by atoms with Gasteiger partial charge in [0, 0.05) is 18.7 Å².